The number of rotatable bonds is 5. The molecule has 2 aromatic carbocycles. The molecule has 0 N–H and O–H groups in total. The molecule has 0 spiro atoms. The van der Waals surface area contributed by atoms with Crippen LogP contribution in [0.15, 0.2) is 60.7 Å². The number of nitrogens with zero attached hydrogens (tertiary/aromatic N) is 1. The molecule has 1 heteroatoms. The van der Waals surface area contributed by atoms with Gasteiger partial charge in [-0.1, -0.05) is 67.1 Å². The van der Waals surface area contributed by atoms with Crippen molar-refractivity contribution in [2.24, 2.45) is 0 Å². The van der Waals surface area contributed by atoms with E-state index in [0.29, 0.717) is 5.92 Å². The van der Waals surface area contributed by atoms with Gasteiger partial charge in [0.2, 0.25) is 0 Å². The number of hydrogen-bond donors (Lipinski definition) is 0. The van der Waals surface area contributed by atoms with E-state index in [0.717, 1.165) is 13.0 Å². The highest BCUT2D eigenvalue weighted by atomic mass is 14.8. The lowest BCUT2D eigenvalue weighted by molar-refractivity contribution is 0.752. The second-order valence-corrected chi connectivity index (χ2v) is 4.20. The molecular formula is C16H18N-. The Hall–Kier alpha value is -1.60. The molecule has 0 radical (unpaired) electrons. The lowest BCUT2D eigenvalue weighted by Crippen LogP contribution is -2.03. The van der Waals surface area contributed by atoms with E-state index in [1.165, 1.54) is 11.1 Å². The van der Waals surface area contributed by atoms with E-state index in [-0.39, 0.29) is 0 Å². The molecule has 2 aromatic rings. The maximum atomic E-state index is 4.23. The van der Waals surface area contributed by atoms with Gasteiger partial charge in [-0.15, -0.1) is 6.54 Å². The van der Waals surface area contributed by atoms with Crippen LogP contribution in [0.3, 0.4) is 0 Å². The van der Waals surface area contributed by atoms with E-state index in [1.54, 1.807) is 0 Å². The topological polar surface area (TPSA) is 14.1 Å². The van der Waals surface area contributed by atoms with Gasteiger partial charge in [-0.05, 0) is 11.1 Å². The first-order valence-electron chi connectivity index (χ1n) is 6.07. The van der Waals surface area contributed by atoms with E-state index in [9.17, 15) is 0 Å². The van der Waals surface area contributed by atoms with Crippen molar-refractivity contribution < 1.29 is 0 Å². The predicted octanol–water partition coefficient (Wildman–Crippen LogP) is 4.21. The van der Waals surface area contributed by atoms with Gasteiger partial charge < -0.3 is 5.32 Å². The first kappa shape index (κ1) is 11.9. The summed E-state index contributed by atoms with van der Waals surface area (Å²) in [6, 6.07) is 21.4. The maximum Gasteiger partial charge on any atom is 0.00729 e. The summed E-state index contributed by atoms with van der Waals surface area (Å²) in [6.45, 7) is 0.911. The van der Waals surface area contributed by atoms with Gasteiger partial charge in [0.05, 0.1) is 0 Å². The molecule has 0 bridgehead atoms. The molecule has 0 aliphatic rings. The largest absolute Gasteiger partial charge is 0.665 e. The fourth-order valence-corrected chi connectivity index (χ4v) is 2.15. The van der Waals surface area contributed by atoms with Crippen molar-refractivity contribution in [2.75, 3.05) is 13.6 Å². The summed E-state index contributed by atoms with van der Waals surface area (Å²) in [7, 11) is 1.88. The predicted molar refractivity (Wildman–Crippen MR) is 73.5 cm³/mol. The Morgan fingerprint density at radius 1 is 0.824 bits per heavy atom. The van der Waals surface area contributed by atoms with Gasteiger partial charge in [0.25, 0.3) is 0 Å². The summed E-state index contributed by atoms with van der Waals surface area (Å²) < 4.78 is 0. The highest BCUT2D eigenvalue weighted by molar-refractivity contribution is 5.32. The first-order chi connectivity index (χ1) is 8.42. The molecule has 0 atom stereocenters. The summed E-state index contributed by atoms with van der Waals surface area (Å²) in [5.74, 6) is 0.459. The van der Waals surface area contributed by atoms with Crippen LogP contribution in [-0.2, 0) is 0 Å². The minimum Gasteiger partial charge on any atom is -0.665 e. The van der Waals surface area contributed by atoms with Gasteiger partial charge in [-0.2, -0.15) is 7.05 Å². The normalized spacial score (nSPS) is 10.7. The highest BCUT2D eigenvalue weighted by Crippen LogP contribution is 2.27. The Labute approximate surface area is 103 Å². The quantitative estimate of drug-likeness (QED) is 0.722. The molecule has 0 amide bonds. The van der Waals surface area contributed by atoms with Crippen LogP contribution < -0.4 is 0 Å². The van der Waals surface area contributed by atoms with Crippen LogP contribution in [0.2, 0.25) is 0 Å². The van der Waals surface area contributed by atoms with Gasteiger partial charge in [-0.25, -0.2) is 0 Å². The van der Waals surface area contributed by atoms with Gasteiger partial charge in [0.1, 0.15) is 0 Å². The second-order valence-electron chi connectivity index (χ2n) is 4.20. The zero-order valence-corrected chi connectivity index (χ0v) is 10.2. The number of benzene rings is 2. The summed E-state index contributed by atoms with van der Waals surface area (Å²) in [4.78, 5) is 0. The third kappa shape index (κ3) is 3.18. The second kappa shape index (κ2) is 6.21. The van der Waals surface area contributed by atoms with Crippen LogP contribution in [0.5, 0.6) is 0 Å². The van der Waals surface area contributed by atoms with Crippen molar-refractivity contribution in [1.29, 1.82) is 0 Å². The van der Waals surface area contributed by atoms with Gasteiger partial charge in [0.15, 0.2) is 0 Å². The smallest absolute Gasteiger partial charge is 0.00729 e. The van der Waals surface area contributed by atoms with Crippen LogP contribution in [0.1, 0.15) is 23.5 Å². The molecule has 0 aliphatic carbocycles. The van der Waals surface area contributed by atoms with Gasteiger partial charge in [-0.3, -0.25) is 0 Å². The summed E-state index contributed by atoms with van der Waals surface area (Å²) in [5, 5.41) is 4.23. The molecular weight excluding hydrogens is 206 g/mol. The SMILES string of the molecule is C[N-]CCC(c1ccccc1)c1ccccc1. The van der Waals surface area contributed by atoms with E-state index >= 15 is 0 Å². The van der Waals surface area contributed by atoms with Crippen molar-refractivity contribution >= 4 is 0 Å². The lowest BCUT2D eigenvalue weighted by Gasteiger charge is -2.21. The first-order valence-corrected chi connectivity index (χ1v) is 6.07. The van der Waals surface area contributed by atoms with Crippen molar-refractivity contribution in [3.8, 4) is 0 Å². The molecule has 2 rings (SSSR count). The van der Waals surface area contributed by atoms with Crippen LogP contribution in [0.25, 0.3) is 5.32 Å². The molecule has 0 aliphatic heterocycles. The van der Waals surface area contributed by atoms with Crippen LogP contribution in [0, 0.1) is 0 Å². The molecule has 0 fully saturated rings. The van der Waals surface area contributed by atoms with Crippen molar-refractivity contribution in [2.45, 2.75) is 12.3 Å². The monoisotopic (exact) mass is 224 g/mol. The average Bonchev–Trinajstić information content (AvgIpc) is 2.42. The minimum atomic E-state index is 0.459. The average molecular weight is 224 g/mol. The lowest BCUT2D eigenvalue weighted by atomic mass is 9.88. The summed E-state index contributed by atoms with van der Waals surface area (Å²) >= 11 is 0. The molecule has 0 saturated carbocycles. The summed E-state index contributed by atoms with van der Waals surface area (Å²) in [5.41, 5.74) is 2.75. The zero-order chi connectivity index (χ0) is 11.9. The molecule has 88 valence electrons. The van der Waals surface area contributed by atoms with Crippen LogP contribution >= 0.6 is 0 Å². The van der Waals surface area contributed by atoms with Crippen molar-refractivity contribution in [3.05, 3.63) is 77.1 Å². The fraction of sp³-hybridized carbons (Fsp3) is 0.250. The molecule has 17 heavy (non-hydrogen) atoms. The Morgan fingerprint density at radius 3 is 1.71 bits per heavy atom. The standard InChI is InChI=1S/C16H18N/c1-17-13-12-16(14-8-4-2-5-9-14)15-10-6-3-7-11-15/h2-11,16H,12-13H2,1H3/q-1. The third-order valence-electron chi connectivity index (χ3n) is 3.05. The number of hydrogen-bond acceptors (Lipinski definition) is 0. The zero-order valence-electron chi connectivity index (χ0n) is 10.2. The molecule has 0 unspecified atom stereocenters. The van der Waals surface area contributed by atoms with E-state index in [2.05, 4.69) is 66.0 Å². The third-order valence-corrected chi connectivity index (χ3v) is 3.05. The Balaban J connectivity index is 2.26. The fourth-order valence-electron chi connectivity index (χ4n) is 2.15. The van der Waals surface area contributed by atoms with E-state index < -0.39 is 0 Å². The Kier molecular flexibility index (Phi) is 4.34. The van der Waals surface area contributed by atoms with Gasteiger partial charge >= 0.3 is 0 Å². The minimum absolute atomic E-state index is 0.459. The van der Waals surface area contributed by atoms with Crippen molar-refractivity contribution in [3.63, 3.8) is 0 Å². The van der Waals surface area contributed by atoms with E-state index in [4.69, 9.17) is 0 Å². The van der Waals surface area contributed by atoms with E-state index in [1.807, 2.05) is 7.05 Å². The highest BCUT2D eigenvalue weighted by Gasteiger charge is 2.10. The van der Waals surface area contributed by atoms with Crippen LogP contribution in [-0.4, -0.2) is 13.6 Å². The van der Waals surface area contributed by atoms with Crippen molar-refractivity contribution in [1.82, 2.24) is 0 Å². The summed E-state index contributed by atoms with van der Waals surface area (Å²) in [6.07, 6.45) is 1.07. The molecule has 0 saturated heterocycles. The maximum absolute atomic E-state index is 4.23. The molecule has 0 aromatic heterocycles. The Morgan fingerprint density at radius 2 is 1.29 bits per heavy atom. The molecule has 0 heterocycles. The van der Waals surface area contributed by atoms with Gasteiger partial charge in [0, 0.05) is 5.92 Å². The Bertz CT molecular complexity index is 382. The van der Waals surface area contributed by atoms with Crippen LogP contribution in [0.4, 0.5) is 0 Å². The molecule has 1 nitrogen and oxygen atoms in total.